The van der Waals surface area contributed by atoms with Crippen LogP contribution in [-0.4, -0.2) is 55.2 Å². The molecule has 1 amide bonds. The Morgan fingerprint density at radius 1 is 1.06 bits per heavy atom. The van der Waals surface area contributed by atoms with E-state index >= 15 is 0 Å². The number of rotatable bonds is 6. The fourth-order valence-corrected chi connectivity index (χ4v) is 4.07. The first-order valence-electron chi connectivity index (χ1n) is 11.0. The fraction of sp³-hybridized carbons (Fsp3) is 0.360. The lowest BCUT2D eigenvalue weighted by molar-refractivity contribution is 0.201. The molecule has 0 radical (unpaired) electrons. The Kier molecular flexibility index (Phi) is 6.67. The molecule has 0 unspecified atom stereocenters. The van der Waals surface area contributed by atoms with E-state index in [1.165, 1.54) is 16.6 Å². The van der Waals surface area contributed by atoms with E-state index in [2.05, 4.69) is 56.5 Å². The number of pyridine rings is 1. The summed E-state index contributed by atoms with van der Waals surface area (Å²) in [6.45, 7) is 9.53. The van der Waals surface area contributed by atoms with E-state index in [9.17, 15) is 4.79 Å². The molecule has 162 valence electrons. The largest absolute Gasteiger partial charge is 0.412 e. The molecule has 4 rings (SSSR count). The highest BCUT2D eigenvalue weighted by Crippen LogP contribution is 2.27. The Labute approximate surface area is 183 Å². The van der Waals surface area contributed by atoms with Crippen LogP contribution in [0.5, 0.6) is 5.75 Å². The van der Waals surface area contributed by atoms with Gasteiger partial charge < -0.3 is 15.0 Å². The average Bonchev–Trinajstić information content (AvgIpc) is 2.78. The summed E-state index contributed by atoms with van der Waals surface area (Å²) in [4.78, 5) is 21.3. The highest BCUT2D eigenvalue weighted by Gasteiger charge is 2.18. The van der Waals surface area contributed by atoms with Crippen LogP contribution in [0.4, 0.5) is 10.5 Å². The molecule has 0 aliphatic carbocycles. The molecule has 1 aliphatic heterocycles. The van der Waals surface area contributed by atoms with E-state index in [1.807, 2.05) is 32.0 Å². The molecule has 0 spiro atoms. The molecule has 6 heteroatoms. The van der Waals surface area contributed by atoms with E-state index < -0.39 is 6.09 Å². The number of hydrogen-bond donors (Lipinski definition) is 1. The lowest BCUT2D eigenvalue weighted by Crippen LogP contribution is -2.47. The number of carbonyl (C=O) groups is 1. The molecule has 2 aromatic carbocycles. The third-order valence-corrected chi connectivity index (χ3v) is 5.71. The Morgan fingerprint density at radius 2 is 1.87 bits per heavy atom. The first-order chi connectivity index (χ1) is 15.1. The summed E-state index contributed by atoms with van der Waals surface area (Å²) in [7, 11) is 0. The van der Waals surface area contributed by atoms with Crippen molar-refractivity contribution in [3.05, 3.63) is 65.9 Å². The van der Waals surface area contributed by atoms with Crippen molar-refractivity contribution in [2.45, 2.75) is 20.3 Å². The molecule has 1 N–H and O–H groups in total. The van der Waals surface area contributed by atoms with Crippen LogP contribution in [0.25, 0.3) is 10.9 Å². The third-order valence-electron chi connectivity index (χ3n) is 5.71. The van der Waals surface area contributed by atoms with Crippen molar-refractivity contribution in [1.29, 1.82) is 0 Å². The van der Waals surface area contributed by atoms with Crippen molar-refractivity contribution in [2.24, 2.45) is 0 Å². The van der Waals surface area contributed by atoms with Gasteiger partial charge in [0.15, 0.2) is 0 Å². The van der Waals surface area contributed by atoms with Gasteiger partial charge in [-0.1, -0.05) is 18.2 Å². The number of piperazine rings is 1. The quantitative estimate of drug-likeness (QED) is 0.655. The Balaban J connectivity index is 1.32. The van der Waals surface area contributed by atoms with Gasteiger partial charge in [0.1, 0.15) is 5.75 Å². The molecule has 0 atom stereocenters. The number of amides is 1. The molecular weight excluding hydrogens is 388 g/mol. The smallest absolute Gasteiger partial charge is 0.410 e. The van der Waals surface area contributed by atoms with Gasteiger partial charge in [-0.05, 0) is 62.2 Å². The minimum absolute atomic E-state index is 0.408. The van der Waals surface area contributed by atoms with Crippen LogP contribution < -0.4 is 15.0 Å². The number of benzene rings is 2. The van der Waals surface area contributed by atoms with Gasteiger partial charge in [-0.15, -0.1) is 0 Å². The van der Waals surface area contributed by atoms with E-state index in [1.54, 1.807) is 0 Å². The predicted octanol–water partition coefficient (Wildman–Crippen LogP) is 4.02. The number of hydrogen-bond acceptors (Lipinski definition) is 5. The number of ether oxygens (including phenoxy) is 1. The van der Waals surface area contributed by atoms with E-state index in [0.29, 0.717) is 12.3 Å². The lowest BCUT2D eigenvalue weighted by atomic mass is 10.1. The summed E-state index contributed by atoms with van der Waals surface area (Å²) < 4.78 is 5.32. The van der Waals surface area contributed by atoms with Gasteiger partial charge in [0.2, 0.25) is 0 Å². The van der Waals surface area contributed by atoms with E-state index in [-0.39, 0.29) is 0 Å². The SMILES string of the molecule is CCNC(=O)Oc1cccc(CCN2CCN(c3cccc4nc(C)ccc34)CC2)c1. The second kappa shape index (κ2) is 9.79. The summed E-state index contributed by atoms with van der Waals surface area (Å²) >= 11 is 0. The maximum atomic E-state index is 11.6. The molecule has 6 nitrogen and oxygen atoms in total. The lowest BCUT2D eigenvalue weighted by Gasteiger charge is -2.36. The summed E-state index contributed by atoms with van der Waals surface area (Å²) in [5, 5.41) is 3.88. The second-order valence-electron chi connectivity index (χ2n) is 7.94. The van der Waals surface area contributed by atoms with Crippen LogP contribution in [0.1, 0.15) is 18.2 Å². The number of aromatic nitrogens is 1. The van der Waals surface area contributed by atoms with Crippen LogP contribution in [-0.2, 0) is 6.42 Å². The number of nitrogens with zero attached hydrogens (tertiary/aromatic N) is 3. The molecule has 0 bridgehead atoms. The number of aryl methyl sites for hydroxylation is 1. The first-order valence-corrected chi connectivity index (χ1v) is 11.0. The Bertz CT molecular complexity index is 1040. The van der Waals surface area contributed by atoms with Crippen molar-refractivity contribution in [1.82, 2.24) is 15.2 Å². The van der Waals surface area contributed by atoms with Gasteiger partial charge in [-0.3, -0.25) is 9.88 Å². The predicted molar refractivity (Wildman–Crippen MR) is 125 cm³/mol. The van der Waals surface area contributed by atoms with E-state index in [4.69, 9.17) is 4.74 Å². The minimum Gasteiger partial charge on any atom is -0.410 e. The van der Waals surface area contributed by atoms with Gasteiger partial charge in [0.25, 0.3) is 0 Å². The van der Waals surface area contributed by atoms with Gasteiger partial charge >= 0.3 is 6.09 Å². The molecule has 0 saturated carbocycles. The summed E-state index contributed by atoms with van der Waals surface area (Å²) in [5.74, 6) is 0.591. The van der Waals surface area contributed by atoms with Gasteiger partial charge in [0.05, 0.1) is 5.52 Å². The highest BCUT2D eigenvalue weighted by molar-refractivity contribution is 5.92. The number of carbonyl (C=O) groups excluding carboxylic acids is 1. The topological polar surface area (TPSA) is 57.7 Å². The zero-order chi connectivity index (χ0) is 21.6. The molecule has 1 aromatic heterocycles. The highest BCUT2D eigenvalue weighted by atomic mass is 16.6. The summed E-state index contributed by atoms with van der Waals surface area (Å²) in [6, 6.07) is 18.5. The van der Waals surface area contributed by atoms with Crippen molar-refractivity contribution in [2.75, 3.05) is 44.2 Å². The van der Waals surface area contributed by atoms with Crippen molar-refractivity contribution < 1.29 is 9.53 Å². The molecule has 1 aliphatic rings. The van der Waals surface area contributed by atoms with Crippen molar-refractivity contribution >= 4 is 22.7 Å². The summed E-state index contributed by atoms with van der Waals surface area (Å²) in [6.07, 6.45) is 0.527. The van der Waals surface area contributed by atoms with Crippen LogP contribution in [0.3, 0.4) is 0 Å². The minimum atomic E-state index is -0.408. The second-order valence-corrected chi connectivity index (χ2v) is 7.94. The maximum Gasteiger partial charge on any atom is 0.412 e. The first kappa shape index (κ1) is 21.1. The molecule has 31 heavy (non-hydrogen) atoms. The zero-order valence-corrected chi connectivity index (χ0v) is 18.3. The molecule has 1 saturated heterocycles. The van der Waals surface area contributed by atoms with E-state index in [0.717, 1.165) is 50.4 Å². The van der Waals surface area contributed by atoms with Gasteiger partial charge in [-0.25, -0.2) is 4.79 Å². The van der Waals surface area contributed by atoms with Gasteiger partial charge in [-0.2, -0.15) is 0 Å². The Morgan fingerprint density at radius 3 is 2.68 bits per heavy atom. The standard InChI is InChI=1S/C25H30N4O2/c1-3-26-25(30)31-21-7-4-6-20(18-21)12-13-28-14-16-29(17-15-28)24-9-5-8-23-22(24)11-10-19(2)27-23/h4-11,18H,3,12-17H2,1-2H3,(H,26,30). The van der Waals surface area contributed by atoms with Crippen molar-refractivity contribution in [3.63, 3.8) is 0 Å². The molecule has 1 fully saturated rings. The molecule has 2 heterocycles. The van der Waals surface area contributed by atoms with Crippen LogP contribution >= 0.6 is 0 Å². The zero-order valence-electron chi connectivity index (χ0n) is 18.3. The normalized spacial score (nSPS) is 14.6. The fourth-order valence-electron chi connectivity index (χ4n) is 4.07. The molecule has 3 aromatic rings. The van der Waals surface area contributed by atoms with Crippen LogP contribution in [0.15, 0.2) is 54.6 Å². The van der Waals surface area contributed by atoms with Gasteiger partial charge in [0, 0.05) is 56.0 Å². The molecular formula is C25H30N4O2. The third kappa shape index (κ3) is 5.33. The number of fused-ring (bicyclic) bond motifs is 1. The maximum absolute atomic E-state index is 11.6. The van der Waals surface area contributed by atoms with Crippen LogP contribution in [0, 0.1) is 6.92 Å². The monoisotopic (exact) mass is 418 g/mol. The number of nitrogens with one attached hydrogen (secondary N) is 1. The van der Waals surface area contributed by atoms with Crippen molar-refractivity contribution in [3.8, 4) is 5.75 Å². The van der Waals surface area contributed by atoms with Crippen LogP contribution in [0.2, 0.25) is 0 Å². The number of anilines is 1. The Hall–Kier alpha value is -3.12. The average molecular weight is 419 g/mol. The summed E-state index contributed by atoms with van der Waals surface area (Å²) in [5.41, 5.74) is 4.57.